The predicted octanol–water partition coefficient (Wildman–Crippen LogP) is 3.78. The molecule has 1 aromatic carbocycles. The SMILES string of the molecule is COc1ccccc1-c1ccnc(C(F)(F)F)c1. The zero-order chi connectivity index (χ0) is 13.2. The van der Waals surface area contributed by atoms with Crippen molar-refractivity contribution in [3.05, 3.63) is 48.3 Å². The molecule has 0 saturated carbocycles. The van der Waals surface area contributed by atoms with Crippen molar-refractivity contribution in [1.29, 1.82) is 0 Å². The maximum absolute atomic E-state index is 12.6. The number of hydrogen-bond acceptors (Lipinski definition) is 2. The zero-order valence-electron chi connectivity index (χ0n) is 9.53. The van der Waals surface area contributed by atoms with Gasteiger partial charge in [-0.1, -0.05) is 18.2 Å². The Bertz CT molecular complexity index is 552. The number of benzene rings is 1. The van der Waals surface area contributed by atoms with Crippen molar-refractivity contribution < 1.29 is 17.9 Å². The summed E-state index contributed by atoms with van der Waals surface area (Å²) in [5, 5.41) is 0. The average molecular weight is 253 g/mol. The highest BCUT2D eigenvalue weighted by atomic mass is 19.4. The van der Waals surface area contributed by atoms with Crippen LogP contribution in [-0.2, 0) is 6.18 Å². The summed E-state index contributed by atoms with van der Waals surface area (Å²) in [6.07, 6.45) is -3.30. The molecule has 0 spiro atoms. The van der Waals surface area contributed by atoms with Crippen LogP contribution < -0.4 is 4.74 Å². The van der Waals surface area contributed by atoms with Crippen LogP contribution in [0, 0.1) is 0 Å². The number of halogens is 3. The summed E-state index contributed by atoms with van der Waals surface area (Å²) >= 11 is 0. The van der Waals surface area contributed by atoms with Crippen molar-refractivity contribution in [2.45, 2.75) is 6.18 Å². The zero-order valence-corrected chi connectivity index (χ0v) is 9.53. The van der Waals surface area contributed by atoms with Crippen LogP contribution in [0.15, 0.2) is 42.6 Å². The Morgan fingerprint density at radius 3 is 2.50 bits per heavy atom. The van der Waals surface area contributed by atoms with Crippen molar-refractivity contribution in [2.75, 3.05) is 7.11 Å². The normalized spacial score (nSPS) is 11.3. The molecule has 94 valence electrons. The molecular weight excluding hydrogens is 243 g/mol. The van der Waals surface area contributed by atoms with Crippen molar-refractivity contribution in [3.63, 3.8) is 0 Å². The Kier molecular flexibility index (Phi) is 3.23. The first-order valence-corrected chi connectivity index (χ1v) is 5.19. The molecule has 2 aromatic rings. The summed E-state index contributed by atoms with van der Waals surface area (Å²) in [7, 11) is 1.48. The molecule has 0 aliphatic carbocycles. The van der Waals surface area contributed by atoms with Gasteiger partial charge in [-0.05, 0) is 23.8 Å². The fourth-order valence-corrected chi connectivity index (χ4v) is 1.64. The maximum atomic E-state index is 12.6. The first-order valence-electron chi connectivity index (χ1n) is 5.19. The summed E-state index contributed by atoms with van der Waals surface area (Å²) in [4.78, 5) is 3.33. The minimum absolute atomic E-state index is 0.426. The first kappa shape index (κ1) is 12.4. The molecule has 1 heterocycles. The van der Waals surface area contributed by atoms with E-state index in [1.54, 1.807) is 24.3 Å². The Labute approximate surface area is 102 Å². The van der Waals surface area contributed by atoms with E-state index in [0.29, 0.717) is 16.9 Å². The van der Waals surface area contributed by atoms with Gasteiger partial charge < -0.3 is 4.74 Å². The van der Waals surface area contributed by atoms with Gasteiger partial charge in [-0.2, -0.15) is 13.2 Å². The predicted molar refractivity (Wildman–Crippen MR) is 61.2 cm³/mol. The van der Waals surface area contributed by atoms with E-state index in [9.17, 15) is 13.2 Å². The van der Waals surface area contributed by atoms with E-state index in [-0.39, 0.29) is 0 Å². The van der Waals surface area contributed by atoms with Crippen LogP contribution in [0.2, 0.25) is 0 Å². The van der Waals surface area contributed by atoms with Crippen LogP contribution in [0.5, 0.6) is 5.75 Å². The fraction of sp³-hybridized carbons (Fsp3) is 0.154. The molecule has 0 radical (unpaired) electrons. The number of alkyl halides is 3. The first-order chi connectivity index (χ1) is 8.52. The third-order valence-corrected chi connectivity index (χ3v) is 2.47. The number of nitrogens with zero attached hydrogens (tertiary/aromatic N) is 1. The lowest BCUT2D eigenvalue weighted by Gasteiger charge is -2.10. The summed E-state index contributed by atoms with van der Waals surface area (Å²) in [5.74, 6) is 0.525. The summed E-state index contributed by atoms with van der Waals surface area (Å²) < 4.78 is 42.8. The lowest BCUT2D eigenvalue weighted by atomic mass is 10.0. The van der Waals surface area contributed by atoms with Gasteiger partial charge >= 0.3 is 6.18 Å². The molecule has 0 bridgehead atoms. The van der Waals surface area contributed by atoms with Crippen LogP contribution in [0.1, 0.15) is 5.69 Å². The van der Waals surface area contributed by atoms with E-state index in [2.05, 4.69) is 4.98 Å². The molecule has 5 heteroatoms. The second kappa shape index (κ2) is 4.68. The van der Waals surface area contributed by atoms with Crippen molar-refractivity contribution in [3.8, 4) is 16.9 Å². The molecular formula is C13H10F3NO. The van der Waals surface area contributed by atoms with E-state index < -0.39 is 11.9 Å². The van der Waals surface area contributed by atoms with Gasteiger partial charge in [-0.15, -0.1) is 0 Å². The summed E-state index contributed by atoms with van der Waals surface area (Å²) in [5.41, 5.74) is 0.119. The van der Waals surface area contributed by atoms with Crippen molar-refractivity contribution in [1.82, 2.24) is 4.98 Å². The number of rotatable bonds is 2. The van der Waals surface area contributed by atoms with Crippen molar-refractivity contribution in [2.24, 2.45) is 0 Å². The Balaban J connectivity index is 2.51. The largest absolute Gasteiger partial charge is 0.496 e. The monoisotopic (exact) mass is 253 g/mol. The van der Waals surface area contributed by atoms with Gasteiger partial charge in [0.15, 0.2) is 0 Å². The molecule has 0 N–H and O–H groups in total. The van der Waals surface area contributed by atoms with Gasteiger partial charge in [-0.25, -0.2) is 0 Å². The topological polar surface area (TPSA) is 22.1 Å². The summed E-state index contributed by atoms with van der Waals surface area (Å²) in [6.45, 7) is 0. The minimum Gasteiger partial charge on any atom is -0.496 e. The molecule has 2 nitrogen and oxygen atoms in total. The molecule has 0 aliphatic heterocycles. The molecule has 1 aromatic heterocycles. The van der Waals surface area contributed by atoms with E-state index in [1.165, 1.54) is 13.2 Å². The van der Waals surface area contributed by atoms with Crippen LogP contribution in [-0.4, -0.2) is 12.1 Å². The molecule has 18 heavy (non-hydrogen) atoms. The van der Waals surface area contributed by atoms with Gasteiger partial charge in [-0.3, -0.25) is 4.98 Å². The van der Waals surface area contributed by atoms with Crippen LogP contribution in [0.25, 0.3) is 11.1 Å². The smallest absolute Gasteiger partial charge is 0.433 e. The number of para-hydroxylation sites is 1. The third-order valence-electron chi connectivity index (χ3n) is 2.47. The Morgan fingerprint density at radius 2 is 1.83 bits per heavy atom. The quantitative estimate of drug-likeness (QED) is 0.812. The minimum atomic E-state index is -4.45. The number of methoxy groups -OCH3 is 1. The number of hydrogen-bond donors (Lipinski definition) is 0. The number of pyridine rings is 1. The highest BCUT2D eigenvalue weighted by molar-refractivity contribution is 5.70. The molecule has 0 amide bonds. The van der Waals surface area contributed by atoms with Gasteiger partial charge in [0.1, 0.15) is 11.4 Å². The molecule has 0 fully saturated rings. The van der Waals surface area contributed by atoms with Gasteiger partial charge in [0.2, 0.25) is 0 Å². The second-order valence-corrected chi connectivity index (χ2v) is 3.63. The van der Waals surface area contributed by atoms with E-state index in [1.807, 2.05) is 0 Å². The van der Waals surface area contributed by atoms with E-state index in [0.717, 1.165) is 12.3 Å². The molecule has 0 atom stereocenters. The van der Waals surface area contributed by atoms with E-state index >= 15 is 0 Å². The number of ether oxygens (including phenoxy) is 1. The lowest BCUT2D eigenvalue weighted by molar-refractivity contribution is -0.141. The summed E-state index contributed by atoms with van der Waals surface area (Å²) in [6, 6.07) is 9.43. The van der Waals surface area contributed by atoms with E-state index in [4.69, 9.17) is 4.74 Å². The lowest BCUT2D eigenvalue weighted by Crippen LogP contribution is -2.07. The molecule has 0 aliphatic rings. The van der Waals surface area contributed by atoms with Crippen LogP contribution >= 0.6 is 0 Å². The molecule has 2 rings (SSSR count). The van der Waals surface area contributed by atoms with Crippen molar-refractivity contribution >= 4 is 0 Å². The van der Waals surface area contributed by atoms with Gasteiger partial charge in [0.25, 0.3) is 0 Å². The van der Waals surface area contributed by atoms with Crippen LogP contribution in [0.3, 0.4) is 0 Å². The standard InChI is InChI=1S/C13H10F3NO/c1-18-11-5-3-2-4-10(11)9-6-7-17-12(8-9)13(14,15)16/h2-8H,1H3. The fourth-order valence-electron chi connectivity index (χ4n) is 1.64. The maximum Gasteiger partial charge on any atom is 0.433 e. The van der Waals surface area contributed by atoms with Gasteiger partial charge in [0, 0.05) is 11.8 Å². The highest BCUT2D eigenvalue weighted by Gasteiger charge is 2.32. The second-order valence-electron chi connectivity index (χ2n) is 3.63. The Morgan fingerprint density at radius 1 is 1.11 bits per heavy atom. The van der Waals surface area contributed by atoms with Gasteiger partial charge in [0.05, 0.1) is 7.11 Å². The molecule has 0 saturated heterocycles. The average Bonchev–Trinajstić information content (AvgIpc) is 2.38. The highest BCUT2D eigenvalue weighted by Crippen LogP contribution is 2.33. The molecule has 0 unspecified atom stereocenters. The third kappa shape index (κ3) is 2.45. The van der Waals surface area contributed by atoms with Crippen LogP contribution in [0.4, 0.5) is 13.2 Å². The number of aromatic nitrogens is 1. The Hall–Kier alpha value is -2.04.